The van der Waals surface area contributed by atoms with Gasteiger partial charge < -0.3 is 14.2 Å². The van der Waals surface area contributed by atoms with Gasteiger partial charge in [-0.2, -0.15) is 0 Å². The molecule has 0 fully saturated rings. The molecule has 0 saturated carbocycles. The molecule has 0 radical (unpaired) electrons. The van der Waals surface area contributed by atoms with Gasteiger partial charge in [-0.25, -0.2) is 4.79 Å². The van der Waals surface area contributed by atoms with Gasteiger partial charge in [0.25, 0.3) is 0 Å². The Hall–Kier alpha value is -2.60. The van der Waals surface area contributed by atoms with E-state index in [1.807, 2.05) is 0 Å². The van der Waals surface area contributed by atoms with Crippen molar-refractivity contribution in [3.05, 3.63) is 51.2 Å². The summed E-state index contributed by atoms with van der Waals surface area (Å²) in [4.78, 5) is 25.4. The van der Waals surface area contributed by atoms with Crippen molar-refractivity contribution in [2.75, 3.05) is 20.8 Å². The summed E-state index contributed by atoms with van der Waals surface area (Å²) in [5.41, 5.74) is 1.01. The van der Waals surface area contributed by atoms with Gasteiger partial charge in [0.1, 0.15) is 23.0 Å². The zero-order valence-corrected chi connectivity index (χ0v) is 13.4. The van der Waals surface area contributed by atoms with E-state index in [4.69, 9.17) is 9.47 Å². The first-order valence-corrected chi connectivity index (χ1v) is 7.68. The van der Waals surface area contributed by atoms with Gasteiger partial charge in [-0.15, -0.1) is 11.3 Å². The number of rotatable bonds is 3. The van der Waals surface area contributed by atoms with Gasteiger partial charge in [0.2, 0.25) is 0 Å². The topological polar surface area (TPSA) is 61.8 Å². The first-order chi connectivity index (χ1) is 11.1. The Morgan fingerprint density at radius 3 is 2.83 bits per heavy atom. The van der Waals surface area contributed by atoms with E-state index in [0.717, 1.165) is 4.88 Å². The lowest BCUT2D eigenvalue weighted by atomic mass is 9.99. The second kappa shape index (κ2) is 6.26. The van der Waals surface area contributed by atoms with E-state index in [1.165, 1.54) is 18.4 Å². The van der Waals surface area contributed by atoms with Gasteiger partial charge in [0.05, 0.1) is 19.8 Å². The van der Waals surface area contributed by atoms with Crippen LogP contribution < -0.4 is 9.47 Å². The molecule has 0 spiro atoms. The van der Waals surface area contributed by atoms with Gasteiger partial charge in [0, 0.05) is 10.5 Å². The van der Waals surface area contributed by atoms with Crippen LogP contribution in [0.3, 0.4) is 0 Å². The van der Waals surface area contributed by atoms with Crippen molar-refractivity contribution in [3.8, 4) is 11.5 Å². The van der Waals surface area contributed by atoms with Crippen LogP contribution in [0.2, 0.25) is 0 Å². The molecule has 0 N–H and O–H groups in total. The normalized spacial score (nSPS) is 15.0. The fourth-order valence-corrected chi connectivity index (χ4v) is 3.15. The Labute approximate surface area is 137 Å². The molecular formula is C17H14O5S. The van der Waals surface area contributed by atoms with Crippen LogP contribution in [0.1, 0.15) is 24.9 Å². The average Bonchev–Trinajstić information content (AvgIpc) is 3.05. The highest BCUT2D eigenvalue weighted by Crippen LogP contribution is 2.31. The van der Waals surface area contributed by atoms with Crippen molar-refractivity contribution in [3.63, 3.8) is 0 Å². The Bertz CT molecular complexity index is 803. The molecule has 23 heavy (non-hydrogen) atoms. The van der Waals surface area contributed by atoms with E-state index in [9.17, 15) is 9.59 Å². The minimum absolute atomic E-state index is 0.0989. The molecule has 0 unspecified atom stereocenters. The maximum Gasteiger partial charge on any atom is 0.348 e. The van der Waals surface area contributed by atoms with Crippen molar-refractivity contribution in [2.45, 2.75) is 0 Å². The van der Waals surface area contributed by atoms with Crippen LogP contribution in [-0.2, 0) is 4.74 Å². The molecule has 1 aliphatic heterocycles. The molecular weight excluding hydrogens is 316 g/mol. The monoisotopic (exact) mass is 330 g/mol. The molecule has 1 aliphatic rings. The van der Waals surface area contributed by atoms with Crippen LogP contribution >= 0.6 is 11.3 Å². The number of methoxy groups -OCH3 is 2. The van der Waals surface area contributed by atoms with Crippen LogP contribution in [0.25, 0.3) is 6.08 Å². The summed E-state index contributed by atoms with van der Waals surface area (Å²) in [6.07, 6.45) is 1.74. The quantitative estimate of drug-likeness (QED) is 0.639. The molecule has 1 aromatic heterocycles. The maximum atomic E-state index is 12.6. The van der Waals surface area contributed by atoms with Crippen molar-refractivity contribution < 1.29 is 23.8 Å². The minimum atomic E-state index is -0.388. The van der Waals surface area contributed by atoms with E-state index in [-0.39, 0.29) is 18.4 Å². The number of Topliss-reactive ketones (excluding diaryl/α,β-unsaturated/α-hetero) is 1. The van der Waals surface area contributed by atoms with E-state index >= 15 is 0 Å². The van der Waals surface area contributed by atoms with Crippen LogP contribution in [0.5, 0.6) is 11.5 Å². The van der Waals surface area contributed by atoms with Crippen LogP contribution in [0.4, 0.5) is 0 Å². The molecule has 2 heterocycles. The van der Waals surface area contributed by atoms with Crippen LogP contribution in [0, 0.1) is 0 Å². The molecule has 0 amide bonds. The van der Waals surface area contributed by atoms with E-state index in [1.54, 1.807) is 43.5 Å². The highest BCUT2D eigenvalue weighted by molar-refractivity contribution is 7.14. The lowest BCUT2D eigenvalue weighted by molar-refractivity contribution is 0.0606. The van der Waals surface area contributed by atoms with E-state index < -0.39 is 0 Å². The Morgan fingerprint density at radius 1 is 1.26 bits per heavy atom. The molecule has 0 saturated heterocycles. The van der Waals surface area contributed by atoms with Crippen molar-refractivity contribution >= 4 is 29.2 Å². The Balaban J connectivity index is 1.90. The van der Waals surface area contributed by atoms with E-state index in [2.05, 4.69) is 4.74 Å². The molecule has 0 bridgehead atoms. The Morgan fingerprint density at radius 2 is 2.09 bits per heavy atom. The second-order valence-electron chi connectivity index (χ2n) is 4.84. The number of carbonyl (C=O) groups excluding carboxylic acids is 2. The number of hydrogen-bond acceptors (Lipinski definition) is 6. The molecule has 118 valence electrons. The first-order valence-electron chi connectivity index (χ1n) is 6.86. The SMILES string of the molecule is COC(=O)c1ccc(C=C2COc3ccc(OC)cc3C2=O)s1. The van der Waals surface area contributed by atoms with Crippen LogP contribution in [-0.4, -0.2) is 32.6 Å². The molecule has 5 nitrogen and oxygen atoms in total. The number of fused-ring (bicyclic) bond motifs is 1. The molecule has 1 aromatic carbocycles. The molecule has 0 atom stereocenters. The third-order valence-electron chi connectivity index (χ3n) is 3.44. The lowest BCUT2D eigenvalue weighted by Gasteiger charge is -2.19. The number of ether oxygens (including phenoxy) is 3. The summed E-state index contributed by atoms with van der Waals surface area (Å²) in [6.45, 7) is 0.198. The molecule has 6 heteroatoms. The third kappa shape index (κ3) is 2.98. The van der Waals surface area contributed by atoms with Crippen molar-refractivity contribution in [2.24, 2.45) is 0 Å². The predicted molar refractivity (Wildman–Crippen MR) is 86.5 cm³/mol. The molecule has 0 aliphatic carbocycles. The maximum absolute atomic E-state index is 12.6. The average molecular weight is 330 g/mol. The summed E-state index contributed by atoms with van der Waals surface area (Å²) in [7, 11) is 2.88. The number of thiophene rings is 1. The zero-order valence-electron chi connectivity index (χ0n) is 12.6. The molecule has 3 rings (SSSR count). The summed E-state index contributed by atoms with van der Waals surface area (Å²) in [5, 5.41) is 0. The fraction of sp³-hybridized carbons (Fsp3) is 0.176. The van der Waals surface area contributed by atoms with E-state index in [0.29, 0.717) is 27.5 Å². The van der Waals surface area contributed by atoms with Gasteiger partial charge in [-0.3, -0.25) is 4.79 Å². The molecule has 2 aromatic rings. The number of hydrogen-bond donors (Lipinski definition) is 0. The minimum Gasteiger partial charge on any atom is -0.497 e. The fourth-order valence-electron chi connectivity index (χ4n) is 2.25. The predicted octanol–water partition coefficient (Wildman–Crippen LogP) is 3.20. The number of carbonyl (C=O) groups is 2. The number of esters is 1. The van der Waals surface area contributed by atoms with Gasteiger partial charge in [-0.1, -0.05) is 0 Å². The summed E-state index contributed by atoms with van der Waals surface area (Å²) < 4.78 is 15.4. The smallest absolute Gasteiger partial charge is 0.348 e. The lowest BCUT2D eigenvalue weighted by Crippen LogP contribution is -2.19. The Kier molecular flexibility index (Phi) is 4.16. The second-order valence-corrected chi connectivity index (χ2v) is 5.96. The van der Waals surface area contributed by atoms with Crippen LogP contribution in [0.15, 0.2) is 35.9 Å². The third-order valence-corrected chi connectivity index (χ3v) is 4.45. The standard InChI is InChI=1S/C17H14O5S/c1-20-11-3-5-14-13(8-11)16(18)10(9-22-14)7-12-4-6-15(23-12)17(19)21-2/h3-8H,9H2,1-2H3. The van der Waals surface area contributed by atoms with Crippen molar-refractivity contribution in [1.29, 1.82) is 0 Å². The summed E-state index contributed by atoms with van der Waals surface area (Å²) in [5.74, 6) is 0.666. The highest BCUT2D eigenvalue weighted by Gasteiger charge is 2.24. The first kappa shape index (κ1) is 15.3. The highest BCUT2D eigenvalue weighted by atomic mass is 32.1. The van der Waals surface area contributed by atoms with Gasteiger partial charge in [0.15, 0.2) is 5.78 Å². The zero-order chi connectivity index (χ0) is 16.4. The summed E-state index contributed by atoms with van der Waals surface area (Å²) >= 11 is 1.27. The van der Waals surface area contributed by atoms with Crippen molar-refractivity contribution in [1.82, 2.24) is 0 Å². The number of ketones is 1. The largest absolute Gasteiger partial charge is 0.497 e. The number of benzene rings is 1. The summed E-state index contributed by atoms with van der Waals surface area (Å²) in [6, 6.07) is 8.59. The van der Waals surface area contributed by atoms with Gasteiger partial charge >= 0.3 is 5.97 Å². The van der Waals surface area contributed by atoms with Gasteiger partial charge in [-0.05, 0) is 36.4 Å².